The van der Waals surface area contributed by atoms with Crippen molar-refractivity contribution < 1.29 is 4.79 Å². The number of benzene rings is 2. The van der Waals surface area contributed by atoms with E-state index >= 15 is 0 Å². The average molecular weight is 308 g/mol. The molecule has 3 rings (SSSR count). The number of ketones is 1. The molecule has 1 aliphatic rings. The lowest BCUT2D eigenvalue weighted by atomic mass is 9.83. The van der Waals surface area contributed by atoms with Gasteiger partial charge in [0.15, 0.2) is 5.78 Å². The molecule has 112 valence electrons. The second kappa shape index (κ2) is 6.13. The van der Waals surface area contributed by atoms with Gasteiger partial charge >= 0.3 is 0 Å². The summed E-state index contributed by atoms with van der Waals surface area (Å²) in [5.41, 5.74) is 4.65. The Bertz CT molecular complexity index is 703. The highest BCUT2D eigenvalue weighted by molar-refractivity contribution is 8.01. The number of allylic oxidation sites excluding steroid dienone is 1. The Labute approximate surface area is 136 Å². The van der Waals surface area contributed by atoms with E-state index < -0.39 is 4.75 Å². The first kappa shape index (κ1) is 15.1. The van der Waals surface area contributed by atoms with Gasteiger partial charge in [-0.05, 0) is 25.8 Å². The monoisotopic (exact) mass is 308 g/mol. The first-order chi connectivity index (χ1) is 10.6. The van der Waals surface area contributed by atoms with Crippen LogP contribution in [0.25, 0.3) is 0 Å². The molecular formula is C20H20OS. The van der Waals surface area contributed by atoms with Gasteiger partial charge in [0.2, 0.25) is 0 Å². The molecule has 0 bridgehead atoms. The molecule has 0 N–H and O–H groups in total. The van der Waals surface area contributed by atoms with Crippen molar-refractivity contribution in [3.8, 4) is 0 Å². The fraction of sp³-hybridized carbons (Fsp3) is 0.250. The van der Waals surface area contributed by atoms with E-state index in [9.17, 15) is 4.79 Å². The number of thioether (sulfide) groups is 1. The number of Topliss-reactive ketones (excluding diaryl/α,β-unsaturated/α-hetero) is 1. The van der Waals surface area contributed by atoms with Crippen molar-refractivity contribution in [1.29, 1.82) is 0 Å². The first-order valence-electron chi connectivity index (χ1n) is 7.58. The van der Waals surface area contributed by atoms with E-state index in [4.69, 9.17) is 0 Å². The average Bonchev–Trinajstić information content (AvgIpc) is 2.58. The summed E-state index contributed by atoms with van der Waals surface area (Å²) in [6.07, 6.45) is 0.793. The number of carbonyl (C=O) groups is 1. The van der Waals surface area contributed by atoms with Gasteiger partial charge in [-0.1, -0.05) is 71.8 Å². The molecule has 0 aliphatic carbocycles. The van der Waals surface area contributed by atoms with Crippen LogP contribution in [0.3, 0.4) is 0 Å². The molecule has 2 aromatic carbocycles. The van der Waals surface area contributed by atoms with Gasteiger partial charge in [-0.25, -0.2) is 0 Å². The molecule has 22 heavy (non-hydrogen) atoms. The topological polar surface area (TPSA) is 17.1 Å². The maximum absolute atomic E-state index is 13.3. The van der Waals surface area contributed by atoms with Gasteiger partial charge in [0.1, 0.15) is 4.75 Å². The summed E-state index contributed by atoms with van der Waals surface area (Å²) >= 11 is 1.77. The zero-order valence-corrected chi connectivity index (χ0v) is 13.8. The van der Waals surface area contributed by atoms with E-state index in [0.717, 1.165) is 23.3 Å². The Balaban J connectivity index is 2.11. The van der Waals surface area contributed by atoms with Crippen LogP contribution in [0, 0.1) is 0 Å². The lowest BCUT2D eigenvalue weighted by molar-refractivity contribution is 0.0940. The Hall–Kier alpha value is -1.80. The van der Waals surface area contributed by atoms with Crippen molar-refractivity contribution in [2.75, 3.05) is 5.75 Å². The minimum atomic E-state index is -0.494. The molecule has 0 amide bonds. The summed E-state index contributed by atoms with van der Waals surface area (Å²) in [6, 6.07) is 19.9. The van der Waals surface area contributed by atoms with Gasteiger partial charge in [0, 0.05) is 11.3 Å². The maximum atomic E-state index is 13.3. The Morgan fingerprint density at radius 2 is 1.50 bits per heavy atom. The van der Waals surface area contributed by atoms with E-state index in [1.54, 1.807) is 11.8 Å². The summed E-state index contributed by atoms with van der Waals surface area (Å²) < 4.78 is -0.494. The van der Waals surface area contributed by atoms with Crippen molar-refractivity contribution in [1.82, 2.24) is 0 Å². The zero-order chi connectivity index (χ0) is 15.6. The maximum Gasteiger partial charge on any atom is 0.183 e. The van der Waals surface area contributed by atoms with E-state index in [1.807, 2.05) is 48.5 Å². The Morgan fingerprint density at radius 1 is 0.909 bits per heavy atom. The Kier molecular flexibility index (Phi) is 4.21. The largest absolute Gasteiger partial charge is 0.292 e. The summed E-state index contributed by atoms with van der Waals surface area (Å²) in [7, 11) is 0. The normalized spacial score (nSPS) is 21.7. The van der Waals surface area contributed by atoms with E-state index in [2.05, 4.69) is 26.0 Å². The molecule has 1 atom stereocenters. The molecule has 0 saturated heterocycles. The third-order valence-electron chi connectivity index (χ3n) is 4.42. The van der Waals surface area contributed by atoms with Crippen LogP contribution in [0.1, 0.15) is 36.2 Å². The minimum absolute atomic E-state index is 0.219. The van der Waals surface area contributed by atoms with Crippen LogP contribution in [0.5, 0.6) is 0 Å². The van der Waals surface area contributed by atoms with Gasteiger partial charge in [-0.2, -0.15) is 0 Å². The van der Waals surface area contributed by atoms with Gasteiger partial charge in [-0.3, -0.25) is 4.79 Å². The fourth-order valence-corrected chi connectivity index (χ4v) is 4.50. The lowest BCUT2D eigenvalue weighted by Crippen LogP contribution is -2.35. The van der Waals surface area contributed by atoms with Crippen molar-refractivity contribution >= 4 is 17.5 Å². The quantitative estimate of drug-likeness (QED) is 0.570. The number of rotatable bonds is 3. The van der Waals surface area contributed by atoms with E-state index in [-0.39, 0.29) is 5.78 Å². The third kappa shape index (κ3) is 2.64. The standard InChI is InChI=1S/C20H20OS/c1-15-13-20(22-14-16(15)2,18-11-7-4-8-12-18)19(21)17-9-5-3-6-10-17/h3-12H,13-14H2,1-2H3. The molecule has 0 radical (unpaired) electrons. The van der Waals surface area contributed by atoms with Crippen LogP contribution in [0.15, 0.2) is 71.8 Å². The lowest BCUT2D eigenvalue weighted by Gasteiger charge is -2.37. The Morgan fingerprint density at radius 3 is 2.09 bits per heavy atom. The molecule has 2 aromatic rings. The van der Waals surface area contributed by atoms with Gasteiger partial charge in [0.25, 0.3) is 0 Å². The van der Waals surface area contributed by atoms with Crippen LogP contribution >= 0.6 is 11.8 Å². The molecule has 0 aromatic heterocycles. The molecule has 1 aliphatic heterocycles. The van der Waals surface area contributed by atoms with Gasteiger partial charge in [0.05, 0.1) is 0 Å². The fourth-order valence-electron chi connectivity index (χ4n) is 2.92. The molecular weight excluding hydrogens is 288 g/mol. The molecule has 0 fully saturated rings. The molecule has 0 saturated carbocycles. The molecule has 1 heterocycles. The predicted molar refractivity (Wildman–Crippen MR) is 94.3 cm³/mol. The minimum Gasteiger partial charge on any atom is -0.292 e. The highest BCUT2D eigenvalue weighted by Gasteiger charge is 2.43. The van der Waals surface area contributed by atoms with Gasteiger partial charge < -0.3 is 0 Å². The second-order valence-corrected chi connectivity index (χ2v) is 7.19. The highest BCUT2D eigenvalue weighted by atomic mass is 32.2. The van der Waals surface area contributed by atoms with Crippen LogP contribution in [-0.2, 0) is 4.75 Å². The number of hydrogen-bond donors (Lipinski definition) is 0. The number of hydrogen-bond acceptors (Lipinski definition) is 2. The third-order valence-corrected chi connectivity index (χ3v) is 6.06. The summed E-state index contributed by atoms with van der Waals surface area (Å²) in [5.74, 6) is 1.13. The highest BCUT2D eigenvalue weighted by Crippen LogP contribution is 2.48. The van der Waals surface area contributed by atoms with Crippen LogP contribution in [0.2, 0.25) is 0 Å². The summed E-state index contributed by atoms with van der Waals surface area (Å²) in [6.45, 7) is 4.33. The van der Waals surface area contributed by atoms with Crippen molar-refractivity contribution in [3.63, 3.8) is 0 Å². The van der Waals surface area contributed by atoms with Crippen LogP contribution in [0.4, 0.5) is 0 Å². The summed E-state index contributed by atoms with van der Waals surface area (Å²) in [5, 5.41) is 0. The van der Waals surface area contributed by atoms with Crippen molar-refractivity contribution in [3.05, 3.63) is 82.9 Å². The van der Waals surface area contributed by atoms with Crippen molar-refractivity contribution in [2.24, 2.45) is 0 Å². The van der Waals surface area contributed by atoms with Gasteiger partial charge in [-0.15, -0.1) is 11.8 Å². The van der Waals surface area contributed by atoms with Crippen molar-refractivity contribution in [2.45, 2.75) is 25.0 Å². The van der Waals surface area contributed by atoms with Crippen LogP contribution in [-0.4, -0.2) is 11.5 Å². The first-order valence-corrected chi connectivity index (χ1v) is 8.56. The summed E-state index contributed by atoms with van der Waals surface area (Å²) in [4.78, 5) is 13.3. The SMILES string of the molecule is CC1=C(C)CC(C(=O)c2ccccc2)(c2ccccc2)SC1. The van der Waals surface area contributed by atoms with Crippen LogP contribution < -0.4 is 0 Å². The second-order valence-electron chi connectivity index (χ2n) is 5.91. The molecule has 1 nitrogen and oxygen atoms in total. The predicted octanol–water partition coefficient (Wildman–Crippen LogP) is 5.24. The van der Waals surface area contributed by atoms with E-state index in [1.165, 1.54) is 11.1 Å². The zero-order valence-electron chi connectivity index (χ0n) is 13.0. The molecule has 1 unspecified atom stereocenters. The molecule has 0 spiro atoms. The number of carbonyl (C=O) groups excluding carboxylic acids is 1. The van der Waals surface area contributed by atoms with E-state index in [0.29, 0.717) is 0 Å². The molecule has 2 heteroatoms. The smallest absolute Gasteiger partial charge is 0.183 e.